The largest absolute Gasteiger partial charge is 0.493 e. The maximum Gasteiger partial charge on any atom is 0.203 e. The van der Waals surface area contributed by atoms with E-state index in [-0.39, 0.29) is 0 Å². The predicted octanol–water partition coefficient (Wildman–Crippen LogP) is 2.43. The molecule has 0 bridgehead atoms. The van der Waals surface area contributed by atoms with Gasteiger partial charge in [-0.2, -0.15) is 5.10 Å². The molecule has 0 aliphatic carbocycles. The number of aryl methyl sites for hydroxylation is 1. The second kappa shape index (κ2) is 8.09. The van der Waals surface area contributed by atoms with Gasteiger partial charge in [0.05, 0.1) is 33.2 Å². The standard InChI is InChI=1S/C18H23N5O4/c1-11-14(22-27-21-11)10-23(2)9-13-8-19-20-17(13)12-6-15(24-3)18(26-5)16(7-12)25-4/h6-8H,9-10H2,1-5H3,(H,19,20). The van der Waals surface area contributed by atoms with E-state index in [4.69, 9.17) is 18.8 Å². The lowest BCUT2D eigenvalue weighted by Crippen LogP contribution is -2.18. The highest BCUT2D eigenvalue weighted by Crippen LogP contribution is 2.41. The number of aromatic amines is 1. The molecule has 9 heteroatoms. The van der Waals surface area contributed by atoms with Crippen molar-refractivity contribution < 1.29 is 18.8 Å². The number of benzene rings is 1. The molecule has 3 aromatic rings. The van der Waals surface area contributed by atoms with Gasteiger partial charge in [-0.15, -0.1) is 0 Å². The summed E-state index contributed by atoms with van der Waals surface area (Å²) in [5.74, 6) is 1.73. The number of hydrogen-bond acceptors (Lipinski definition) is 8. The fourth-order valence-corrected chi connectivity index (χ4v) is 2.90. The monoisotopic (exact) mass is 373 g/mol. The first kappa shape index (κ1) is 18.7. The van der Waals surface area contributed by atoms with Crippen molar-refractivity contribution in [1.82, 2.24) is 25.4 Å². The van der Waals surface area contributed by atoms with Gasteiger partial charge < -0.3 is 14.2 Å². The molecule has 0 spiro atoms. The number of nitrogens with one attached hydrogen (secondary N) is 1. The minimum absolute atomic E-state index is 0.552. The van der Waals surface area contributed by atoms with E-state index >= 15 is 0 Å². The SMILES string of the molecule is COc1cc(-c2[nH]ncc2CN(C)Cc2nonc2C)cc(OC)c1OC. The van der Waals surface area contributed by atoms with Crippen LogP contribution in [0.4, 0.5) is 0 Å². The van der Waals surface area contributed by atoms with Crippen LogP contribution in [0.25, 0.3) is 11.3 Å². The Kier molecular flexibility index (Phi) is 5.60. The summed E-state index contributed by atoms with van der Waals surface area (Å²) >= 11 is 0. The van der Waals surface area contributed by atoms with Gasteiger partial charge in [0.15, 0.2) is 11.5 Å². The number of methoxy groups -OCH3 is 3. The van der Waals surface area contributed by atoms with Crippen LogP contribution in [0.15, 0.2) is 23.0 Å². The Morgan fingerprint density at radius 2 is 1.74 bits per heavy atom. The average molecular weight is 373 g/mol. The van der Waals surface area contributed by atoms with E-state index in [9.17, 15) is 0 Å². The summed E-state index contributed by atoms with van der Waals surface area (Å²) in [5.41, 5.74) is 4.41. The smallest absolute Gasteiger partial charge is 0.203 e. The number of H-pyrrole nitrogens is 1. The van der Waals surface area contributed by atoms with E-state index in [1.165, 1.54) is 0 Å². The molecule has 27 heavy (non-hydrogen) atoms. The Morgan fingerprint density at radius 3 is 2.30 bits per heavy atom. The third kappa shape index (κ3) is 3.87. The molecule has 0 saturated carbocycles. The van der Waals surface area contributed by atoms with Gasteiger partial charge in [-0.3, -0.25) is 10.00 Å². The predicted molar refractivity (Wildman–Crippen MR) is 97.9 cm³/mol. The average Bonchev–Trinajstić information content (AvgIpc) is 3.29. The van der Waals surface area contributed by atoms with E-state index in [0.29, 0.717) is 30.3 Å². The van der Waals surface area contributed by atoms with E-state index in [1.807, 2.05) is 32.3 Å². The summed E-state index contributed by atoms with van der Waals surface area (Å²) in [5, 5.41) is 15.0. The van der Waals surface area contributed by atoms with Crippen molar-refractivity contribution in [3.63, 3.8) is 0 Å². The molecule has 1 N–H and O–H groups in total. The summed E-state index contributed by atoms with van der Waals surface area (Å²) in [6.45, 7) is 3.16. The molecule has 0 saturated heterocycles. The molecule has 144 valence electrons. The number of ether oxygens (including phenoxy) is 3. The molecular weight excluding hydrogens is 350 g/mol. The number of nitrogens with zero attached hydrogens (tertiary/aromatic N) is 4. The molecule has 2 aromatic heterocycles. The Bertz CT molecular complexity index is 880. The van der Waals surface area contributed by atoms with Gasteiger partial charge in [0.25, 0.3) is 0 Å². The summed E-state index contributed by atoms with van der Waals surface area (Å²) in [6.07, 6.45) is 1.81. The van der Waals surface area contributed by atoms with E-state index in [1.54, 1.807) is 21.3 Å². The zero-order valence-electron chi connectivity index (χ0n) is 16.1. The van der Waals surface area contributed by atoms with Crippen LogP contribution in [-0.4, -0.2) is 53.8 Å². The maximum absolute atomic E-state index is 5.45. The fourth-order valence-electron chi connectivity index (χ4n) is 2.90. The molecule has 0 unspecified atom stereocenters. The van der Waals surface area contributed by atoms with Crippen molar-refractivity contribution in [3.8, 4) is 28.5 Å². The Labute approximate surface area is 157 Å². The third-order valence-corrected chi connectivity index (χ3v) is 4.28. The van der Waals surface area contributed by atoms with Crippen LogP contribution >= 0.6 is 0 Å². The van der Waals surface area contributed by atoms with Crippen LogP contribution in [0.1, 0.15) is 17.0 Å². The first-order valence-corrected chi connectivity index (χ1v) is 8.36. The fraction of sp³-hybridized carbons (Fsp3) is 0.389. The summed E-state index contributed by atoms with van der Waals surface area (Å²) < 4.78 is 21.0. The summed E-state index contributed by atoms with van der Waals surface area (Å²) in [6, 6.07) is 3.79. The van der Waals surface area contributed by atoms with Crippen molar-refractivity contribution in [2.45, 2.75) is 20.0 Å². The molecule has 9 nitrogen and oxygen atoms in total. The van der Waals surface area contributed by atoms with Crippen molar-refractivity contribution in [2.24, 2.45) is 0 Å². The highest BCUT2D eigenvalue weighted by molar-refractivity contribution is 5.70. The van der Waals surface area contributed by atoms with Crippen LogP contribution in [0.3, 0.4) is 0 Å². The molecular formula is C18H23N5O4. The van der Waals surface area contributed by atoms with Crippen molar-refractivity contribution in [2.75, 3.05) is 28.4 Å². The van der Waals surface area contributed by atoms with E-state index < -0.39 is 0 Å². The molecule has 1 aromatic carbocycles. The van der Waals surface area contributed by atoms with Crippen molar-refractivity contribution >= 4 is 0 Å². The molecule has 0 radical (unpaired) electrons. The normalized spacial score (nSPS) is 11.0. The Hall–Kier alpha value is -3.07. The van der Waals surface area contributed by atoms with Gasteiger partial charge in [-0.05, 0) is 26.1 Å². The van der Waals surface area contributed by atoms with Gasteiger partial charge in [0.2, 0.25) is 5.75 Å². The minimum atomic E-state index is 0.552. The van der Waals surface area contributed by atoms with Gasteiger partial charge in [-0.25, -0.2) is 4.63 Å². The van der Waals surface area contributed by atoms with Gasteiger partial charge in [-0.1, -0.05) is 10.3 Å². The first-order valence-electron chi connectivity index (χ1n) is 8.36. The van der Waals surface area contributed by atoms with Gasteiger partial charge in [0.1, 0.15) is 11.4 Å². The molecule has 0 fully saturated rings. The molecule has 0 atom stereocenters. The highest BCUT2D eigenvalue weighted by Gasteiger charge is 2.18. The topological polar surface area (TPSA) is 98.5 Å². The minimum Gasteiger partial charge on any atom is -0.493 e. The van der Waals surface area contributed by atoms with Crippen LogP contribution in [0.5, 0.6) is 17.2 Å². The Balaban J connectivity index is 1.87. The molecule has 0 amide bonds. The Morgan fingerprint density at radius 1 is 1.04 bits per heavy atom. The lowest BCUT2D eigenvalue weighted by molar-refractivity contribution is 0.279. The quantitative estimate of drug-likeness (QED) is 0.643. The van der Waals surface area contributed by atoms with Crippen molar-refractivity contribution in [3.05, 3.63) is 35.3 Å². The summed E-state index contributed by atoms with van der Waals surface area (Å²) in [4.78, 5) is 2.11. The number of rotatable bonds is 8. The maximum atomic E-state index is 5.45. The highest BCUT2D eigenvalue weighted by atomic mass is 16.6. The lowest BCUT2D eigenvalue weighted by atomic mass is 10.1. The second-order valence-corrected chi connectivity index (χ2v) is 6.15. The lowest BCUT2D eigenvalue weighted by Gasteiger charge is -2.17. The molecule has 3 rings (SSSR count). The first-order chi connectivity index (χ1) is 13.1. The molecule has 0 aliphatic heterocycles. The van der Waals surface area contributed by atoms with Gasteiger partial charge in [0, 0.05) is 24.2 Å². The van der Waals surface area contributed by atoms with Crippen LogP contribution in [-0.2, 0) is 13.1 Å². The van der Waals surface area contributed by atoms with E-state index in [2.05, 4.69) is 25.4 Å². The number of hydrogen-bond donors (Lipinski definition) is 1. The summed E-state index contributed by atoms with van der Waals surface area (Å²) in [7, 11) is 6.77. The zero-order chi connectivity index (χ0) is 19.4. The van der Waals surface area contributed by atoms with Gasteiger partial charge >= 0.3 is 0 Å². The number of aromatic nitrogens is 4. The second-order valence-electron chi connectivity index (χ2n) is 6.15. The van der Waals surface area contributed by atoms with Crippen LogP contribution < -0.4 is 14.2 Å². The van der Waals surface area contributed by atoms with Crippen LogP contribution in [0, 0.1) is 6.92 Å². The molecule has 0 aliphatic rings. The van der Waals surface area contributed by atoms with Crippen LogP contribution in [0.2, 0.25) is 0 Å². The third-order valence-electron chi connectivity index (χ3n) is 4.28. The zero-order valence-corrected chi connectivity index (χ0v) is 16.1. The van der Waals surface area contributed by atoms with Crippen molar-refractivity contribution in [1.29, 1.82) is 0 Å². The molecule has 2 heterocycles. The van der Waals surface area contributed by atoms with E-state index in [0.717, 1.165) is 28.2 Å².